The van der Waals surface area contributed by atoms with Crippen LogP contribution >= 0.6 is 0 Å². The first-order valence-electron chi connectivity index (χ1n) is 12.6. The fourth-order valence-electron chi connectivity index (χ4n) is 4.74. The molecule has 11 nitrogen and oxygen atoms in total. The number of hydrogen-bond acceptors (Lipinski definition) is 6. The van der Waals surface area contributed by atoms with Gasteiger partial charge in [-0.3, -0.25) is 27.7 Å². The van der Waals surface area contributed by atoms with Crippen LogP contribution in [0.25, 0.3) is 27.8 Å². The molecule has 0 unspecified atom stereocenters. The van der Waals surface area contributed by atoms with Crippen LogP contribution in [0.5, 0.6) is 0 Å². The SMILES string of the molecule is CCCCn1cnc2c1c(=O)n(Cc1nnc3n(CC)c(=O)c4ccccc4n13)c(=O)n2CCCC. The Balaban J connectivity index is 1.76. The number of rotatable bonds is 9. The van der Waals surface area contributed by atoms with Gasteiger partial charge in [0, 0.05) is 19.6 Å². The average Bonchev–Trinajstić information content (AvgIpc) is 3.50. The number of nitrogens with zero attached hydrogens (tertiary/aromatic N) is 8. The van der Waals surface area contributed by atoms with Crippen LogP contribution < -0.4 is 16.8 Å². The smallest absolute Gasteiger partial charge is 0.325 e. The number of fused-ring (bicyclic) bond motifs is 4. The summed E-state index contributed by atoms with van der Waals surface area (Å²) in [5, 5.41) is 9.12. The van der Waals surface area contributed by atoms with E-state index < -0.39 is 11.2 Å². The second-order valence-electron chi connectivity index (χ2n) is 8.96. The van der Waals surface area contributed by atoms with Crippen molar-refractivity contribution in [2.75, 3.05) is 0 Å². The Kier molecular flexibility index (Phi) is 6.29. The van der Waals surface area contributed by atoms with Crippen molar-refractivity contribution >= 4 is 27.8 Å². The predicted octanol–water partition coefficient (Wildman–Crippen LogP) is 2.39. The third-order valence-electron chi connectivity index (χ3n) is 6.66. The Morgan fingerprint density at radius 3 is 2.33 bits per heavy atom. The Hall–Kier alpha value is -4.02. The molecule has 0 bridgehead atoms. The summed E-state index contributed by atoms with van der Waals surface area (Å²) < 4.78 is 7.96. The van der Waals surface area contributed by atoms with Crippen LogP contribution in [0.15, 0.2) is 45.0 Å². The molecule has 0 spiro atoms. The Labute approximate surface area is 206 Å². The summed E-state index contributed by atoms with van der Waals surface area (Å²) >= 11 is 0. The van der Waals surface area contributed by atoms with Crippen LogP contribution in [0.4, 0.5) is 0 Å². The van der Waals surface area contributed by atoms with Crippen LogP contribution in [-0.4, -0.2) is 37.9 Å². The molecule has 0 radical (unpaired) electrons. The van der Waals surface area contributed by atoms with Crippen molar-refractivity contribution in [3.8, 4) is 0 Å². The van der Waals surface area contributed by atoms with E-state index in [1.807, 2.05) is 29.7 Å². The minimum Gasteiger partial charge on any atom is -0.325 e. The zero-order valence-electron chi connectivity index (χ0n) is 20.8. The molecule has 5 rings (SSSR count). The lowest BCUT2D eigenvalue weighted by atomic mass is 10.2. The van der Waals surface area contributed by atoms with Crippen LogP contribution in [0, 0.1) is 0 Å². The Bertz CT molecular complexity index is 1750. The van der Waals surface area contributed by atoms with Crippen molar-refractivity contribution in [3.63, 3.8) is 0 Å². The van der Waals surface area contributed by atoms with E-state index in [0.717, 1.165) is 25.7 Å². The molecule has 0 aliphatic rings. The van der Waals surface area contributed by atoms with Crippen LogP contribution in [0.3, 0.4) is 0 Å². The molecule has 5 aromatic rings. The molecule has 4 heterocycles. The summed E-state index contributed by atoms with van der Waals surface area (Å²) in [6, 6.07) is 7.22. The highest BCUT2D eigenvalue weighted by atomic mass is 16.2. The molecule has 36 heavy (non-hydrogen) atoms. The second kappa shape index (κ2) is 9.56. The number of aryl methyl sites for hydroxylation is 3. The number of imidazole rings is 1. The maximum absolute atomic E-state index is 13.7. The van der Waals surface area contributed by atoms with E-state index in [4.69, 9.17) is 0 Å². The van der Waals surface area contributed by atoms with E-state index in [0.29, 0.717) is 53.3 Å². The third kappa shape index (κ3) is 3.66. The number of aromatic nitrogens is 8. The zero-order valence-corrected chi connectivity index (χ0v) is 20.8. The van der Waals surface area contributed by atoms with Gasteiger partial charge in [0.15, 0.2) is 17.0 Å². The van der Waals surface area contributed by atoms with Gasteiger partial charge in [0.1, 0.15) is 0 Å². The Morgan fingerprint density at radius 1 is 0.833 bits per heavy atom. The van der Waals surface area contributed by atoms with Gasteiger partial charge in [0.05, 0.1) is 23.8 Å². The number of para-hydroxylation sites is 1. The van der Waals surface area contributed by atoms with Gasteiger partial charge in [0.2, 0.25) is 5.78 Å². The highest BCUT2D eigenvalue weighted by Gasteiger charge is 2.21. The van der Waals surface area contributed by atoms with Crippen LogP contribution in [0.2, 0.25) is 0 Å². The van der Waals surface area contributed by atoms with E-state index >= 15 is 0 Å². The first kappa shape index (κ1) is 23.7. The van der Waals surface area contributed by atoms with Gasteiger partial charge in [-0.2, -0.15) is 0 Å². The number of benzene rings is 1. The molecular formula is C25H30N8O3. The monoisotopic (exact) mass is 490 g/mol. The molecule has 0 fully saturated rings. The summed E-state index contributed by atoms with van der Waals surface area (Å²) in [5.41, 5.74) is 0.494. The van der Waals surface area contributed by atoms with Crippen molar-refractivity contribution in [2.45, 2.75) is 72.6 Å². The van der Waals surface area contributed by atoms with E-state index in [1.165, 1.54) is 4.57 Å². The van der Waals surface area contributed by atoms with Gasteiger partial charge in [-0.25, -0.2) is 9.78 Å². The molecule has 0 saturated heterocycles. The average molecular weight is 491 g/mol. The quantitative estimate of drug-likeness (QED) is 0.313. The van der Waals surface area contributed by atoms with E-state index in [1.54, 1.807) is 25.9 Å². The van der Waals surface area contributed by atoms with Gasteiger partial charge in [-0.15, -0.1) is 10.2 Å². The van der Waals surface area contributed by atoms with Gasteiger partial charge in [-0.1, -0.05) is 38.8 Å². The van der Waals surface area contributed by atoms with E-state index in [9.17, 15) is 14.4 Å². The van der Waals surface area contributed by atoms with Crippen LogP contribution in [-0.2, 0) is 26.2 Å². The van der Waals surface area contributed by atoms with Gasteiger partial charge in [-0.05, 0) is 31.9 Å². The Morgan fingerprint density at radius 2 is 1.58 bits per heavy atom. The fourth-order valence-corrected chi connectivity index (χ4v) is 4.74. The zero-order chi connectivity index (χ0) is 25.4. The molecular weight excluding hydrogens is 460 g/mol. The molecule has 1 aromatic carbocycles. The molecule has 11 heteroatoms. The van der Waals surface area contributed by atoms with Crippen LogP contribution in [0.1, 0.15) is 52.3 Å². The lowest BCUT2D eigenvalue weighted by Crippen LogP contribution is -2.41. The molecule has 0 amide bonds. The molecule has 0 N–H and O–H groups in total. The minimum atomic E-state index is -0.424. The molecule has 188 valence electrons. The second-order valence-corrected chi connectivity index (χ2v) is 8.96. The van der Waals surface area contributed by atoms with Crippen molar-refractivity contribution in [1.29, 1.82) is 0 Å². The predicted molar refractivity (Wildman–Crippen MR) is 138 cm³/mol. The summed E-state index contributed by atoms with van der Waals surface area (Å²) in [6.07, 6.45) is 5.21. The van der Waals surface area contributed by atoms with Gasteiger partial charge < -0.3 is 4.57 Å². The maximum Gasteiger partial charge on any atom is 0.333 e. The van der Waals surface area contributed by atoms with E-state index in [-0.39, 0.29) is 12.1 Å². The van der Waals surface area contributed by atoms with Crippen molar-refractivity contribution in [3.05, 3.63) is 67.6 Å². The molecule has 0 aliphatic carbocycles. The molecule has 0 atom stereocenters. The third-order valence-corrected chi connectivity index (χ3v) is 6.66. The summed E-state index contributed by atoms with van der Waals surface area (Å²) in [6.45, 7) is 7.46. The molecule has 0 aliphatic heterocycles. The first-order valence-corrected chi connectivity index (χ1v) is 12.6. The lowest BCUT2D eigenvalue weighted by molar-refractivity contribution is 0.558. The maximum atomic E-state index is 13.7. The molecule has 4 aromatic heterocycles. The number of hydrogen-bond donors (Lipinski definition) is 0. The topological polar surface area (TPSA) is 114 Å². The van der Waals surface area contributed by atoms with Gasteiger partial charge in [0.25, 0.3) is 11.1 Å². The van der Waals surface area contributed by atoms with E-state index in [2.05, 4.69) is 29.0 Å². The number of unbranched alkanes of at least 4 members (excludes halogenated alkanes) is 2. The van der Waals surface area contributed by atoms with Crippen molar-refractivity contribution < 1.29 is 0 Å². The summed E-state index contributed by atoms with van der Waals surface area (Å²) in [7, 11) is 0. The summed E-state index contributed by atoms with van der Waals surface area (Å²) in [4.78, 5) is 44.7. The van der Waals surface area contributed by atoms with Gasteiger partial charge >= 0.3 is 5.69 Å². The normalized spacial score (nSPS) is 11.9. The standard InChI is InChI=1S/C25H30N8O3/c1-4-7-13-29-16-26-21-20(29)23(35)32(25(36)31(21)14-8-5-2)15-19-27-28-24-30(6-3)22(34)17-11-9-10-12-18(17)33(19)24/h9-12,16H,4-8,13-15H2,1-3H3. The van der Waals surface area contributed by atoms with Crippen molar-refractivity contribution in [2.24, 2.45) is 0 Å². The van der Waals surface area contributed by atoms with Crippen molar-refractivity contribution in [1.82, 2.24) is 37.9 Å². The highest BCUT2D eigenvalue weighted by Crippen LogP contribution is 2.15. The fraction of sp³-hybridized carbons (Fsp3) is 0.440. The summed E-state index contributed by atoms with van der Waals surface area (Å²) in [5.74, 6) is 0.785. The largest absolute Gasteiger partial charge is 0.333 e. The minimum absolute atomic E-state index is 0.0776. The molecule has 0 saturated carbocycles. The highest BCUT2D eigenvalue weighted by molar-refractivity contribution is 5.80. The lowest BCUT2D eigenvalue weighted by Gasteiger charge is -2.13. The first-order chi connectivity index (χ1) is 17.5.